The Morgan fingerprint density at radius 1 is 1.29 bits per heavy atom. The summed E-state index contributed by atoms with van der Waals surface area (Å²) in [5, 5.41) is 0. The first-order chi connectivity index (χ1) is 13.2. The van der Waals surface area contributed by atoms with E-state index in [4.69, 9.17) is 4.74 Å². The Morgan fingerprint density at radius 3 is 2.61 bits per heavy atom. The lowest BCUT2D eigenvalue weighted by Gasteiger charge is -2.30. The monoisotopic (exact) mass is 434 g/mol. The van der Waals surface area contributed by atoms with Gasteiger partial charge >= 0.3 is 0 Å². The Labute approximate surface area is 166 Å². The lowest BCUT2D eigenvalue weighted by Crippen LogP contribution is -2.43. The van der Waals surface area contributed by atoms with Gasteiger partial charge in [0.2, 0.25) is 10.0 Å². The highest BCUT2D eigenvalue weighted by Crippen LogP contribution is 2.26. The van der Waals surface area contributed by atoms with Gasteiger partial charge in [0.1, 0.15) is 5.82 Å². The number of sulfone groups is 1. The predicted octanol–water partition coefficient (Wildman–Crippen LogP) is 1.03. The van der Waals surface area contributed by atoms with Crippen LogP contribution in [0.2, 0.25) is 0 Å². The van der Waals surface area contributed by atoms with E-state index in [1.165, 1.54) is 16.4 Å². The Morgan fingerprint density at radius 2 is 2.00 bits per heavy atom. The second-order valence-corrected chi connectivity index (χ2v) is 11.5. The van der Waals surface area contributed by atoms with Gasteiger partial charge in [-0.3, -0.25) is 4.90 Å². The Kier molecular flexibility index (Phi) is 6.76. The molecule has 2 fully saturated rings. The highest BCUT2D eigenvalue weighted by Gasteiger charge is 2.38. The van der Waals surface area contributed by atoms with Crippen molar-refractivity contribution in [2.24, 2.45) is 0 Å². The van der Waals surface area contributed by atoms with Crippen LogP contribution in [-0.4, -0.2) is 83.0 Å². The van der Waals surface area contributed by atoms with E-state index in [1.54, 1.807) is 6.92 Å². The maximum atomic E-state index is 14.0. The molecule has 10 heteroatoms. The fraction of sp³-hybridized carbons (Fsp3) is 0.667. The molecule has 1 unspecified atom stereocenters. The molecule has 0 N–H and O–H groups in total. The Hall–Kier alpha value is -1.07. The number of ether oxygens (including phenoxy) is 1. The molecule has 2 saturated heterocycles. The fourth-order valence-electron chi connectivity index (χ4n) is 3.65. The highest BCUT2D eigenvalue weighted by molar-refractivity contribution is 7.92. The molecule has 1 atom stereocenters. The van der Waals surface area contributed by atoms with Gasteiger partial charge in [-0.1, -0.05) is 6.07 Å². The lowest BCUT2D eigenvalue weighted by molar-refractivity contribution is 0.0367. The van der Waals surface area contributed by atoms with Crippen molar-refractivity contribution in [3.05, 3.63) is 29.6 Å². The molecule has 0 spiro atoms. The number of halogens is 1. The molecule has 0 radical (unpaired) electrons. The molecule has 3 rings (SSSR count). The summed E-state index contributed by atoms with van der Waals surface area (Å²) < 4.78 is 70.8. The van der Waals surface area contributed by atoms with Gasteiger partial charge in [0.05, 0.1) is 29.6 Å². The number of morpholine rings is 1. The summed E-state index contributed by atoms with van der Waals surface area (Å²) in [6.45, 7) is 5.39. The second kappa shape index (κ2) is 8.74. The first-order valence-electron chi connectivity index (χ1n) is 9.47. The van der Waals surface area contributed by atoms with Gasteiger partial charge in [-0.15, -0.1) is 0 Å². The zero-order chi connectivity index (χ0) is 20.4. The zero-order valence-corrected chi connectivity index (χ0v) is 17.6. The average Bonchev–Trinajstić information content (AvgIpc) is 3.01. The Balaban J connectivity index is 1.79. The zero-order valence-electron chi connectivity index (χ0n) is 16.0. The Bertz CT molecular complexity index is 899. The molecule has 7 nitrogen and oxygen atoms in total. The van der Waals surface area contributed by atoms with Crippen molar-refractivity contribution in [3.8, 4) is 0 Å². The molecule has 1 aromatic carbocycles. The molecule has 0 aliphatic carbocycles. The van der Waals surface area contributed by atoms with Crippen molar-refractivity contribution >= 4 is 19.9 Å². The minimum Gasteiger partial charge on any atom is -0.379 e. The van der Waals surface area contributed by atoms with E-state index in [-0.39, 0.29) is 29.4 Å². The molecule has 0 amide bonds. The smallest absolute Gasteiger partial charge is 0.243 e. The summed E-state index contributed by atoms with van der Waals surface area (Å²) in [6.07, 6.45) is 0.845. The summed E-state index contributed by atoms with van der Waals surface area (Å²) in [5.41, 5.74) is 0.362. The quantitative estimate of drug-likeness (QED) is 0.638. The molecule has 2 heterocycles. The molecule has 158 valence electrons. The maximum Gasteiger partial charge on any atom is 0.243 e. The van der Waals surface area contributed by atoms with Gasteiger partial charge in [0.25, 0.3) is 0 Å². The molecule has 0 saturated carbocycles. The average molecular weight is 435 g/mol. The first-order valence-corrected chi connectivity index (χ1v) is 12.7. The van der Waals surface area contributed by atoms with Gasteiger partial charge in [-0.05, 0) is 44.0 Å². The van der Waals surface area contributed by atoms with E-state index in [0.29, 0.717) is 31.7 Å². The van der Waals surface area contributed by atoms with Gasteiger partial charge in [0, 0.05) is 25.7 Å². The standard InChI is InChI=1S/C18H27FN2O5S2/c1-15-3-4-17(13-18(15)19)28(24,25)21(16-5-12-27(22,23)14-16)7-2-6-20-8-10-26-11-9-20/h3-4,13,16H,2,5-12,14H2,1H3. The van der Waals surface area contributed by atoms with Gasteiger partial charge < -0.3 is 4.74 Å². The molecule has 28 heavy (non-hydrogen) atoms. The summed E-state index contributed by atoms with van der Waals surface area (Å²) in [6, 6.07) is 3.22. The summed E-state index contributed by atoms with van der Waals surface area (Å²) in [4.78, 5) is 2.07. The maximum absolute atomic E-state index is 14.0. The summed E-state index contributed by atoms with van der Waals surface area (Å²) in [7, 11) is -7.24. The topological polar surface area (TPSA) is 84.0 Å². The van der Waals surface area contributed by atoms with Crippen LogP contribution in [0.5, 0.6) is 0 Å². The molecular weight excluding hydrogens is 407 g/mol. The normalized spacial score (nSPS) is 23.3. The third kappa shape index (κ3) is 5.10. The first kappa shape index (κ1) is 21.6. The van der Waals surface area contributed by atoms with Crippen molar-refractivity contribution in [1.82, 2.24) is 9.21 Å². The molecule has 1 aromatic rings. The van der Waals surface area contributed by atoms with Gasteiger partial charge in [-0.2, -0.15) is 4.31 Å². The van der Waals surface area contributed by atoms with Crippen LogP contribution >= 0.6 is 0 Å². The van der Waals surface area contributed by atoms with Crippen LogP contribution < -0.4 is 0 Å². The number of nitrogens with zero attached hydrogens (tertiary/aromatic N) is 2. The van der Waals surface area contributed by atoms with Crippen molar-refractivity contribution < 1.29 is 26.0 Å². The number of rotatable bonds is 7. The number of benzene rings is 1. The molecule has 2 aliphatic heterocycles. The van der Waals surface area contributed by atoms with Gasteiger partial charge in [-0.25, -0.2) is 21.2 Å². The van der Waals surface area contributed by atoms with Crippen LogP contribution in [0.25, 0.3) is 0 Å². The largest absolute Gasteiger partial charge is 0.379 e. The van der Waals surface area contributed by atoms with Crippen LogP contribution in [0, 0.1) is 12.7 Å². The molecule has 0 bridgehead atoms. The van der Waals surface area contributed by atoms with Crippen LogP contribution in [-0.2, 0) is 24.6 Å². The summed E-state index contributed by atoms with van der Waals surface area (Å²) in [5.74, 6) is -0.790. The van der Waals surface area contributed by atoms with Gasteiger partial charge in [0.15, 0.2) is 9.84 Å². The van der Waals surface area contributed by atoms with Crippen LogP contribution in [0.3, 0.4) is 0 Å². The molecule has 0 aromatic heterocycles. The van der Waals surface area contributed by atoms with E-state index in [2.05, 4.69) is 4.90 Å². The van der Waals surface area contributed by atoms with Crippen LogP contribution in [0.1, 0.15) is 18.4 Å². The highest BCUT2D eigenvalue weighted by atomic mass is 32.2. The number of sulfonamides is 1. The summed E-state index contributed by atoms with van der Waals surface area (Å²) >= 11 is 0. The van der Waals surface area contributed by atoms with E-state index < -0.39 is 31.7 Å². The van der Waals surface area contributed by atoms with E-state index >= 15 is 0 Å². The van der Waals surface area contributed by atoms with Crippen molar-refractivity contribution in [2.75, 3.05) is 50.9 Å². The molecular formula is C18H27FN2O5S2. The minimum absolute atomic E-state index is 0.0184. The minimum atomic E-state index is -3.99. The van der Waals surface area contributed by atoms with Crippen molar-refractivity contribution in [2.45, 2.75) is 30.7 Å². The number of hydrogen-bond donors (Lipinski definition) is 0. The molecule has 2 aliphatic rings. The predicted molar refractivity (Wildman–Crippen MR) is 104 cm³/mol. The third-order valence-corrected chi connectivity index (χ3v) is 9.02. The SMILES string of the molecule is Cc1ccc(S(=O)(=O)N(CCCN2CCOCC2)C2CCS(=O)(=O)C2)cc1F. The van der Waals surface area contributed by atoms with E-state index in [0.717, 1.165) is 19.2 Å². The number of aryl methyl sites for hydroxylation is 1. The third-order valence-electron chi connectivity index (χ3n) is 5.32. The van der Waals surface area contributed by atoms with Crippen molar-refractivity contribution in [3.63, 3.8) is 0 Å². The van der Waals surface area contributed by atoms with Crippen molar-refractivity contribution in [1.29, 1.82) is 0 Å². The number of hydrogen-bond acceptors (Lipinski definition) is 6. The van der Waals surface area contributed by atoms with E-state index in [1.807, 2.05) is 0 Å². The fourth-order valence-corrected chi connectivity index (χ4v) is 7.18. The van der Waals surface area contributed by atoms with Crippen LogP contribution in [0.4, 0.5) is 4.39 Å². The lowest BCUT2D eigenvalue weighted by atomic mass is 10.2. The van der Waals surface area contributed by atoms with Crippen LogP contribution in [0.15, 0.2) is 23.1 Å². The second-order valence-electron chi connectivity index (χ2n) is 7.39. The van der Waals surface area contributed by atoms with E-state index in [9.17, 15) is 21.2 Å².